The Kier molecular flexibility index (Phi) is 5.25. The van der Waals surface area contributed by atoms with Crippen LogP contribution in [0, 0.1) is 0 Å². The van der Waals surface area contributed by atoms with Crippen molar-refractivity contribution in [3.63, 3.8) is 0 Å². The minimum Gasteiger partial charge on any atom is -0.393 e. The van der Waals surface area contributed by atoms with E-state index in [-0.39, 0.29) is 6.10 Å². The summed E-state index contributed by atoms with van der Waals surface area (Å²) in [5.74, 6) is 1.78. The van der Waals surface area contributed by atoms with Crippen molar-refractivity contribution in [1.29, 1.82) is 0 Å². The fourth-order valence-electron chi connectivity index (χ4n) is 3.72. The average molecular weight is 383 g/mol. The normalized spacial score (nSPS) is 18.4. The molecule has 0 atom stereocenters. The zero-order valence-electron chi connectivity index (χ0n) is 15.7. The number of aliphatic hydroxyl groups excluding tert-OH is 1. The molecule has 2 fully saturated rings. The highest BCUT2D eigenvalue weighted by molar-refractivity contribution is 5.97. The molecule has 1 amide bonds. The number of hydrogen-bond donors (Lipinski definition) is 2. The highest BCUT2D eigenvalue weighted by Gasteiger charge is 2.24. The average Bonchev–Trinajstić information content (AvgIpc) is 2.74. The Morgan fingerprint density at radius 2 is 1.68 bits per heavy atom. The van der Waals surface area contributed by atoms with Gasteiger partial charge in [0.1, 0.15) is 11.6 Å². The van der Waals surface area contributed by atoms with Crippen LogP contribution in [0.2, 0.25) is 0 Å². The molecular weight excluding hydrogens is 358 g/mol. The number of primary amides is 1. The third kappa shape index (κ3) is 3.84. The van der Waals surface area contributed by atoms with Crippen LogP contribution < -0.4 is 20.4 Å². The number of pyridine rings is 1. The third-order valence-corrected chi connectivity index (χ3v) is 5.33. The van der Waals surface area contributed by atoms with E-state index < -0.39 is 5.91 Å². The number of piperazine rings is 1. The fraction of sp³-hybridized carbons (Fsp3) is 0.474. The van der Waals surface area contributed by atoms with Crippen LogP contribution in [0.3, 0.4) is 0 Å². The third-order valence-electron chi connectivity index (χ3n) is 5.33. The lowest BCUT2D eigenvalue weighted by molar-refractivity contribution is 0.100. The van der Waals surface area contributed by atoms with Gasteiger partial charge in [0.15, 0.2) is 0 Å². The number of carbonyl (C=O) groups is 1. The molecule has 0 aliphatic carbocycles. The molecule has 2 aromatic heterocycles. The Labute approximate surface area is 163 Å². The zero-order valence-corrected chi connectivity index (χ0v) is 15.7. The summed E-state index contributed by atoms with van der Waals surface area (Å²) in [6.07, 6.45) is 4.80. The summed E-state index contributed by atoms with van der Waals surface area (Å²) in [7, 11) is 0. The van der Waals surface area contributed by atoms with Crippen molar-refractivity contribution in [2.45, 2.75) is 18.9 Å². The van der Waals surface area contributed by atoms with Gasteiger partial charge in [-0.15, -0.1) is 0 Å². The molecule has 3 N–H and O–H groups in total. The number of aromatic nitrogens is 3. The van der Waals surface area contributed by atoms with E-state index in [1.165, 1.54) is 0 Å². The van der Waals surface area contributed by atoms with Gasteiger partial charge in [0.2, 0.25) is 5.95 Å². The number of aliphatic hydroxyl groups is 1. The number of nitrogens with two attached hydrogens (primary N) is 1. The zero-order chi connectivity index (χ0) is 19.5. The van der Waals surface area contributed by atoms with Crippen molar-refractivity contribution < 1.29 is 9.90 Å². The van der Waals surface area contributed by atoms with E-state index in [0.717, 1.165) is 44.8 Å². The van der Waals surface area contributed by atoms with E-state index in [1.807, 2.05) is 6.07 Å². The van der Waals surface area contributed by atoms with E-state index in [0.29, 0.717) is 30.4 Å². The summed E-state index contributed by atoms with van der Waals surface area (Å²) < 4.78 is 0. The van der Waals surface area contributed by atoms with Gasteiger partial charge in [-0.2, -0.15) is 4.98 Å². The van der Waals surface area contributed by atoms with Gasteiger partial charge < -0.3 is 25.5 Å². The summed E-state index contributed by atoms with van der Waals surface area (Å²) in [6, 6.07) is 5.35. The van der Waals surface area contributed by atoms with Gasteiger partial charge >= 0.3 is 0 Å². The maximum absolute atomic E-state index is 11.7. The molecule has 4 rings (SSSR count). The van der Waals surface area contributed by atoms with Crippen molar-refractivity contribution in [1.82, 2.24) is 15.0 Å². The monoisotopic (exact) mass is 383 g/mol. The molecule has 0 spiro atoms. The largest absolute Gasteiger partial charge is 0.393 e. The van der Waals surface area contributed by atoms with Gasteiger partial charge in [0.25, 0.3) is 5.91 Å². The summed E-state index contributed by atoms with van der Waals surface area (Å²) in [6.45, 7) is 4.50. The topological polar surface area (TPSA) is 112 Å². The quantitative estimate of drug-likeness (QED) is 0.773. The summed E-state index contributed by atoms with van der Waals surface area (Å²) >= 11 is 0. The summed E-state index contributed by atoms with van der Waals surface area (Å²) in [5, 5.41) is 9.70. The number of rotatable bonds is 4. The molecule has 9 nitrogen and oxygen atoms in total. The Balaban J connectivity index is 1.43. The first-order valence-corrected chi connectivity index (χ1v) is 9.62. The first kappa shape index (κ1) is 18.4. The van der Waals surface area contributed by atoms with Crippen LogP contribution in [0.25, 0.3) is 0 Å². The first-order chi connectivity index (χ1) is 13.6. The van der Waals surface area contributed by atoms with Crippen molar-refractivity contribution in [2.24, 2.45) is 5.73 Å². The number of hydrogen-bond acceptors (Lipinski definition) is 8. The van der Waals surface area contributed by atoms with Gasteiger partial charge in [-0.1, -0.05) is 0 Å². The summed E-state index contributed by atoms with van der Waals surface area (Å²) in [5.41, 5.74) is 5.93. The lowest BCUT2D eigenvalue weighted by Crippen LogP contribution is -2.48. The van der Waals surface area contributed by atoms with Crippen molar-refractivity contribution in [3.8, 4) is 0 Å². The van der Waals surface area contributed by atoms with Gasteiger partial charge in [-0.05, 0) is 31.0 Å². The molecule has 2 aliphatic heterocycles. The second kappa shape index (κ2) is 7.97. The lowest BCUT2D eigenvalue weighted by Gasteiger charge is -2.36. The predicted molar refractivity (Wildman–Crippen MR) is 107 cm³/mol. The van der Waals surface area contributed by atoms with E-state index in [4.69, 9.17) is 10.7 Å². The highest BCUT2D eigenvalue weighted by Crippen LogP contribution is 2.22. The molecule has 2 aromatic rings. The molecule has 9 heteroatoms. The molecule has 4 heterocycles. The molecule has 0 unspecified atom stereocenters. The number of carbonyl (C=O) groups excluding carboxylic acids is 1. The maximum atomic E-state index is 11.7. The Hall–Kier alpha value is -2.94. The van der Waals surface area contributed by atoms with E-state index in [1.54, 1.807) is 24.5 Å². The van der Waals surface area contributed by atoms with Crippen molar-refractivity contribution in [2.75, 3.05) is 54.0 Å². The minimum atomic E-state index is -0.465. The van der Waals surface area contributed by atoms with Crippen LogP contribution >= 0.6 is 0 Å². The second-order valence-corrected chi connectivity index (χ2v) is 7.15. The van der Waals surface area contributed by atoms with Crippen molar-refractivity contribution >= 4 is 23.5 Å². The van der Waals surface area contributed by atoms with Crippen LogP contribution in [-0.4, -0.2) is 71.3 Å². The molecule has 0 bridgehead atoms. The van der Waals surface area contributed by atoms with E-state index in [9.17, 15) is 9.90 Å². The van der Waals surface area contributed by atoms with Gasteiger partial charge in [-0.3, -0.25) is 4.79 Å². The molecule has 2 saturated heterocycles. The summed E-state index contributed by atoms with van der Waals surface area (Å²) in [4.78, 5) is 31.6. The Morgan fingerprint density at radius 3 is 2.39 bits per heavy atom. The van der Waals surface area contributed by atoms with E-state index >= 15 is 0 Å². The molecular formula is C19H25N7O2. The predicted octanol–water partition coefficient (Wildman–Crippen LogP) is 0.258. The lowest BCUT2D eigenvalue weighted by atomic mass is 10.1. The smallest absolute Gasteiger partial charge is 0.252 e. The Bertz CT molecular complexity index is 831. The van der Waals surface area contributed by atoms with E-state index in [2.05, 4.69) is 24.7 Å². The number of piperidine rings is 1. The van der Waals surface area contributed by atoms with Gasteiger partial charge in [0.05, 0.1) is 11.7 Å². The highest BCUT2D eigenvalue weighted by atomic mass is 16.3. The SMILES string of the molecule is NC(=O)c1cccnc1N1CCN(c2nccc(N3CCC(O)CC3)n2)CC1. The van der Waals surface area contributed by atoms with Crippen LogP contribution in [0.15, 0.2) is 30.6 Å². The first-order valence-electron chi connectivity index (χ1n) is 9.62. The molecule has 0 aromatic carbocycles. The maximum Gasteiger partial charge on any atom is 0.252 e. The standard InChI is InChI=1S/C19H25N7O2/c20-17(28)15-2-1-6-21-18(15)25-10-12-26(13-11-25)19-22-7-3-16(23-19)24-8-4-14(27)5-9-24/h1-3,6-7,14,27H,4-5,8-13H2,(H2,20,28). The molecule has 0 saturated carbocycles. The molecule has 0 radical (unpaired) electrons. The minimum absolute atomic E-state index is 0.206. The number of nitrogens with zero attached hydrogens (tertiary/aromatic N) is 6. The Morgan fingerprint density at radius 1 is 0.964 bits per heavy atom. The fourth-order valence-corrected chi connectivity index (χ4v) is 3.72. The van der Waals surface area contributed by atoms with Crippen LogP contribution in [0.1, 0.15) is 23.2 Å². The molecule has 28 heavy (non-hydrogen) atoms. The number of amides is 1. The second-order valence-electron chi connectivity index (χ2n) is 7.15. The van der Waals surface area contributed by atoms with Crippen LogP contribution in [0.5, 0.6) is 0 Å². The van der Waals surface area contributed by atoms with Crippen molar-refractivity contribution in [3.05, 3.63) is 36.2 Å². The van der Waals surface area contributed by atoms with Gasteiger partial charge in [-0.25, -0.2) is 9.97 Å². The molecule has 148 valence electrons. The number of anilines is 3. The van der Waals surface area contributed by atoms with Crippen LogP contribution in [0.4, 0.5) is 17.6 Å². The van der Waals surface area contributed by atoms with Crippen LogP contribution in [-0.2, 0) is 0 Å². The molecule has 2 aliphatic rings. The van der Waals surface area contributed by atoms with Gasteiger partial charge in [0, 0.05) is 51.7 Å².